The molecule has 0 saturated heterocycles. The van der Waals surface area contributed by atoms with Gasteiger partial charge in [0, 0.05) is 11.0 Å². The van der Waals surface area contributed by atoms with E-state index in [1.807, 2.05) is 19.9 Å². The van der Waals surface area contributed by atoms with Crippen LogP contribution in [0.1, 0.15) is 37.0 Å². The molecular formula is C14H20O4. The second kappa shape index (κ2) is 4.88. The summed E-state index contributed by atoms with van der Waals surface area (Å²) in [6.07, 6.45) is -0.0480. The molecule has 1 aromatic carbocycles. The first-order valence-electron chi connectivity index (χ1n) is 5.80. The monoisotopic (exact) mass is 252 g/mol. The van der Waals surface area contributed by atoms with Crippen molar-refractivity contribution in [3.8, 4) is 11.5 Å². The number of aryl methyl sites for hydroxylation is 2. The summed E-state index contributed by atoms with van der Waals surface area (Å²) >= 11 is 0. The average Bonchev–Trinajstić information content (AvgIpc) is 2.13. The maximum Gasteiger partial charge on any atom is 0.304 e. The molecule has 0 aliphatic heterocycles. The van der Waals surface area contributed by atoms with Crippen molar-refractivity contribution in [3.05, 3.63) is 22.8 Å². The van der Waals surface area contributed by atoms with E-state index in [0.29, 0.717) is 11.3 Å². The van der Waals surface area contributed by atoms with Gasteiger partial charge in [-0.25, -0.2) is 0 Å². The van der Waals surface area contributed by atoms with Gasteiger partial charge in [-0.1, -0.05) is 19.9 Å². The van der Waals surface area contributed by atoms with Crippen LogP contribution in [0.2, 0.25) is 0 Å². The van der Waals surface area contributed by atoms with Crippen LogP contribution in [-0.2, 0) is 10.2 Å². The molecule has 4 heteroatoms. The van der Waals surface area contributed by atoms with Crippen LogP contribution >= 0.6 is 0 Å². The molecule has 0 atom stereocenters. The minimum atomic E-state index is -0.890. The zero-order chi connectivity index (χ0) is 14.1. The number of benzene rings is 1. The number of ether oxygens (including phenoxy) is 1. The fraction of sp³-hybridized carbons (Fsp3) is 0.500. The van der Waals surface area contributed by atoms with Gasteiger partial charge in [-0.2, -0.15) is 0 Å². The van der Waals surface area contributed by atoms with Gasteiger partial charge in [0.05, 0.1) is 13.5 Å². The van der Waals surface area contributed by atoms with E-state index < -0.39 is 11.4 Å². The molecule has 2 N–H and O–H groups in total. The summed E-state index contributed by atoms with van der Waals surface area (Å²) in [5.41, 5.74) is 1.69. The quantitative estimate of drug-likeness (QED) is 0.864. The Bertz CT molecular complexity index is 475. The number of phenols is 1. The molecule has 0 unspecified atom stereocenters. The largest absolute Gasteiger partial charge is 0.504 e. The summed E-state index contributed by atoms with van der Waals surface area (Å²) in [5.74, 6) is -0.436. The second-order valence-corrected chi connectivity index (χ2v) is 5.22. The molecule has 100 valence electrons. The van der Waals surface area contributed by atoms with Crippen molar-refractivity contribution in [2.45, 2.75) is 39.5 Å². The molecule has 0 aliphatic carbocycles. The number of carbonyl (C=O) groups is 1. The molecule has 0 spiro atoms. The van der Waals surface area contributed by atoms with Crippen LogP contribution in [0.3, 0.4) is 0 Å². The first-order chi connectivity index (χ1) is 8.20. The number of methoxy groups -OCH3 is 1. The smallest absolute Gasteiger partial charge is 0.304 e. The molecule has 0 aromatic heterocycles. The van der Waals surface area contributed by atoms with Gasteiger partial charge in [0.2, 0.25) is 0 Å². The fourth-order valence-corrected chi connectivity index (χ4v) is 2.53. The maximum absolute atomic E-state index is 10.9. The Morgan fingerprint density at radius 1 is 1.33 bits per heavy atom. The third-order valence-corrected chi connectivity index (χ3v) is 3.11. The maximum atomic E-state index is 10.9. The summed E-state index contributed by atoms with van der Waals surface area (Å²) < 4.78 is 5.17. The SMILES string of the molecule is COc1c(C)cc(C)c(C(C)(C)CC(=O)O)c1O. The summed E-state index contributed by atoms with van der Waals surface area (Å²) in [4.78, 5) is 10.9. The van der Waals surface area contributed by atoms with Gasteiger partial charge >= 0.3 is 5.97 Å². The molecule has 4 nitrogen and oxygen atoms in total. The van der Waals surface area contributed by atoms with Gasteiger partial charge in [0.1, 0.15) is 0 Å². The topological polar surface area (TPSA) is 66.8 Å². The Balaban J connectivity index is 3.45. The van der Waals surface area contributed by atoms with E-state index in [9.17, 15) is 9.90 Å². The first-order valence-corrected chi connectivity index (χ1v) is 5.80. The van der Waals surface area contributed by atoms with Gasteiger partial charge in [-0.05, 0) is 25.0 Å². The first kappa shape index (κ1) is 14.4. The molecule has 1 rings (SSSR count). The van der Waals surface area contributed by atoms with Gasteiger partial charge in [-0.3, -0.25) is 4.79 Å². The van der Waals surface area contributed by atoms with Crippen LogP contribution < -0.4 is 4.74 Å². The number of phenolic OH excluding ortho intramolecular Hbond substituents is 1. The number of rotatable bonds is 4. The van der Waals surface area contributed by atoms with Crippen molar-refractivity contribution < 1.29 is 19.7 Å². The molecule has 18 heavy (non-hydrogen) atoms. The van der Waals surface area contributed by atoms with E-state index >= 15 is 0 Å². The third kappa shape index (κ3) is 2.58. The Morgan fingerprint density at radius 2 is 1.89 bits per heavy atom. The minimum Gasteiger partial charge on any atom is -0.504 e. The zero-order valence-corrected chi connectivity index (χ0v) is 11.5. The lowest BCUT2D eigenvalue weighted by Crippen LogP contribution is -2.23. The molecule has 0 fully saturated rings. The average molecular weight is 252 g/mol. The van der Waals surface area contributed by atoms with Crippen LogP contribution in [-0.4, -0.2) is 23.3 Å². The molecule has 0 bridgehead atoms. The van der Waals surface area contributed by atoms with Crippen LogP contribution in [0, 0.1) is 13.8 Å². The lowest BCUT2D eigenvalue weighted by molar-refractivity contribution is -0.138. The standard InChI is InChI=1S/C14H20O4/c1-8-6-9(2)13(18-5)12(17)11(8)14(3,4)7-10(15)16/h6,17H,7H2,1-5H3,(H,15,16). The molecule has 1 aromatic rings. The van der Waals surface area contributed by atoms with Crippen molar-refractivity contribution in [1.29, 1.82) is 0 Å². The Morgan fingerprint density at radius 3 is 2.33 bits per heavy atom. The summed E-state index contributed by atoms with van der Waals surface area (Å²) in [7, 11) is 1.49. The summed E-state index contributed by atoms with van der Waals surface area (Å²) in [5, 5.41) is 19.2. The molecule has 0 aliphatic rings. The number of hydrogen-bond donors (Lipinski definition) is 2. The van der Waals surface area contributed by atoms with Crippen LogP contribution in [0.15, 0.2) is 6.07 Å². The van der Waals surface area contributed by atoms with Gasteiger partial charge < -0.3 is 14.9 Å². The van der Waals surface area contributed by atoms with Crippen molar-refractivity contribution in [1.82, 2.24) is 0 Å². The van der Waals surface area contributed by atoms with Crippen molar-refractivity contribution >= 4 is 5.97 Å². The van der Waals surface area contributed by atoms with E-state index in [-0.39, 0.29) is 12.2 Å². The molecule has 0 amide bonds. The van der Waals surface area contributed by atoms with Gasteiger partial charge in [0.25, 0.3) is 0 Å². The van der Waals surface area contributed by atoms with E-state index in [1.54, 1.807) is 13.8 Å². The van der Waals surface area contributed by atoms with E-state index in [1.165, 1.54) is 7.11 Å². The fourth-order valence-electron chi connectivity index (χ4n) is 2.53. The van der Waals surface area contributed by atoms with Gasteiger partial charge in [-0.15, -0.1) is 0 Å². The predicted octanol–water partition coefficient (Wildman–Crippen LogP) is 2.77. The van der Waals surface area contributed by atoms with E-state index in [0.717, 1.165) is 11.1 Å². The number of carboxylic acids is 1. The Labute approximate surface area is 107 Å². The number of aromatic hydroxyl groups is 1. The molecule has 0 heterocycles. The van der Waals surface area contributed by atoms with Crippen molar-refractivity contribution in [2.24, 2.45) is 0 Å². The second-order valence-electron chi connectivity index (χ2n) is 5.22. The van der Waals surface area contributed by atoms with E-state index in [4.69, 9.17) is 9.84 Å². The van der Waals surface area contributed by atoms with Crippen LogP contribution in [0.5, 0.6) is 11.5 Å². The normalized spacial score (nSPS) is 11.4. The predicted molar refractivity (Wildman–Crippen MR) is 69.4 cm³/mol. The lowest BCUT2D eigenvalue weighted by atomic mass is 9.78. The highest BCUT2D eigenvalue weighted by atomic mass is 16.5. The Kier molecular flexibility index (Phi) is 3.89. The van der Waals surface area contributed by atoms with Crippen LogP contribution in [0.25, 0.3) is 0 Å². The number of hydrogen-bond acceptors (Lipinski definition) is 3. The Hall–Kier alpha value is -1.71. The minimum absolute atomic E-state index is 0.0428. The summed E-state index contributed by atoms with van der Waals surface area (Å²) in [6, 6.07) is 1.90. The number of aliphatic carboxylic acids is 1. The zero-order valence-electron chi connectivity index (χ0n) is 11.5. The molecular weight excluding hydrogens is 232 g/mol. The van der Waals surface area contributed by atoms with E-state index in [2.05, 4.69) is 0 Å². The summed E-state index contributed by atoms with van der Waals surface area (Å²) in [6.45, 7) is 7.32. The van der Waals surface area contributed by atoms with Crippen LogP contribution in [0.4, 0.5) is 0 Å². The third-order valence-electron chi connectivity index (χ3n) is 3.11. The van der Waals surface area contributed by atoms with Crippen molar-refractivity contribution in [3.63, 3.8) is 0 Å². The molecule has 0 saturated carbocycles. The lowest BCUT2D eigenvalue weighted by Gasteiger charge is -2.27. The van der Waals surface area contributed by atoms with Crippen molar-refractivity contribution in [2.75, 3.05) is 7.11 Å². The highest BCUT2D eigenvalue weighted by Gasteiger charge is 2.30. The number of carboxylic acid groups (broad SMARTS) is 1. The highest BCUT2D eigenvalue weighted by molar-refractivity contribution is 5.70. The molecule has 0 radical (unpaired) electrons. The highest BCUT2D eigenvalue weighted by Crippen LogP contribution is 2.43. The van der Waals surface area contributed by atoms with Gasteiger partial charge in [0.15, 0.2) is 11.5 Å².